The van der Waals surface area contributed by atoms with E-state index in [-0.39, 0.29) is 17.1 Å². The first kappa shape index (κ1) is 19.9. The summed E-state index contributed by atoms with van der Waals surface area (Å²) in [6.45, 7) is 4.13. The fraction of sp³-hybridized carbons (Fsp3) is 0.143. The zero-order valence-electron chi connectivity index (χ0n) is 16.3. The van der Waals surface area contributed by atoms with Crippen LogP contribution in [0.4, 0.5) is 10.8 Å². The fourth-order valence-corrected chi connectivity index (χ4v) is 4.44. The minimum Gasteiger partial charge on any atom is -0.510 e. The first-order chi connectivity index (χ1) is 14.5. The molecule has 0 saturated heterocycles. The minimum absolute atomic E-state index is 0.0552. The lowest BCUT2D eigenvalue weighted by molar-refractivity contribution is 0.420. The molecule has 3 N–H and O–H groups in total. The predicted molar refractivity (Wildman–Crippen MR) is 121 cm³/mol. The molecule has 2 aromatic heterocycles. The molecule has 2 heterocycles. The van der Waals surface area contributed by atoms with Crippen LogP contribution in [0.1, 0.15) is 17.0 Å². The average Bonchev–Trinajstić information content (AvgIpc) is 3.36. The van der Waals surface area contributed by atoms with E-state index in [0.29, 0.717) is 15.3 Å². The molecule has 0 saturated carbocycles. The molecule has 150 valence electrons. The first-order valence-electron chi connectivity index (χ1n) is 9.11. The van der Waals surface area contributed by atoms with Crippen molar-refractivity contribution >= 4 is 50.5 Å². The van der Waals surface area contributed by atoms with Crippen LogP contribution in [0.5, 0.6) is 0 Å². The summed E-state index contributed by atoms with van der Waals surface area (Å²) in [6.07, 6.45) is 0. The van der Waals surface area contributed by atoms with Crippen LogP contribution < -0.4 is 5.32 Å². The van der Waals surface area contributed by atoms with Crippen molar-refractivity contribution in [3.8, 4) is 6.07 Å². The third-order valence-corrected chi connectivity index (χ3v) is 6.51. The van der Waals surface area contributed by atoms with Gasteiger partial charge in [0, 0.05) is 5.69 Å². The van der Waals surface area contributed by atoms with Crippen LogP contribution in [0.2, 0.25) is 0 Å². The van der Waals surface area contributed by atoms with Crippen molar-refractivity contribution in [2.24, 2.45) is 0 Å². The van der Waals surface area contributed by atoms with Gasteiger partial charge in [-0.3, -0.25) is 0 Å². The topological polar surface area (TPSA) is 111 Å². The highest BCUT2D eigenvalue weighted by Gasteiger charge is 2.14. The Balaban J connectivity index is 1.45. The lowest BCUT2D eigenvalue weighted by Gasteiger charge is -2.05. The molecule has 7 nitrogen and oxygen atoms in total. The predicted octanol–water partition coefficient (Wildman–Crippen LogP) is 5.36. The van der Waals surface area contributed by atoms with Crippen LogP contribution in [0.3, 0.4) is 0 Å². The summed E-state index contributed by atoms with van der Waals surface area (Å²) in [7, 11) is 0. The van der Waals surface area contributed by atoms with Crippen molar-refractivity contribution in [3.05, 3.63) is 65.2 Å². The maximum Gasteiger partial charge on any atom is 0.210 e. The third-order valence-electron chi connectivity index (χ3n) is 4.52. The number of hydrogen-bond donors (Lipinski definition) is 3. The monoisotopic (exact) mass is 434 g/mol. The number of anilines is 2. The molecule has 4 rings (SSSR count). The Labute approximate surface area is 181 Å². The molecule has 2 aromatic carbocycles. The average molecular weight is 435 g/mol. The maximum atomic E-state index is 10.5. The van der Waals surface area contributed by atoms with Crippen molar-refractivity contribution in [2.45, 2.75) is 18.2 Å². The Kier molecular flexibility index (Phi) is 5.70. The van der Waals surface area contributed by atoms with Crippen molar-refractivity contribution in [1.29, 1.82) is 5.26 Å². The van der Waals surface area contributed by atoms with Crippen LogP contribution >= 0.6 is 23.1 Å². The number of aliphatic hydroxyl groups excluding tert-OH is 1. The third kappa shape index (κ3) is 4.30. The fourth-order valence-electron chi connectivity index (χ4n) is 2.79. The summed E-state index contributed by atoms with van der Waals surface area (Å²) in [5.41, 5.74) is 5.05. The van der Waals surface area contributed by atoms with E-state index in [2.05, 4.69) is 51.5 Å². The molecule has 0 unspecified atom stereocenters. The quantitative estimate of drug-likeness (QED) is 0.213. The van der Waals surface area contributed by atoms with E-state index in [1.54, 1.807) is 0 Å². The van der Waals surface area contributed by atoms with E-state index < -0.39 is 0 Å². The summed E-state index contributed by atoms with van der Waals surface area (Å²) in [5, 5.41) is 32.2. The Morgan fingerprint density at radius 3 is 2.80 bits per heavy atom. The number of aromatic amines is 1. The molecule has 0 aliphatic heterocycles. The molecule has 0 aliphatic carbocycles. The Hall–Kier alpha value is -3.35. The van der Waals surface area contributed by atoms with Crippen LogP contribution in [0.25, 0.3) is 16.6 Å². The molecule has 0 bridgehead atoms. The number of para-hydroxylation sites is 2. The number of aliphatic hydroxyl groups is 1. The zero-order chi connectivity index (χ0) is 21.1. The Bertz CT molecular complexity index is 1250. The van der Waals surface area contributed by atoms with Crippen molar-refractivity contribution in [2.75, 3.05) is 11.1 Å². The highest BCUT2D eigenvalue weighted by atomic mass is 32.2. The number of nitriles is 1. The zero-order valence-corrected chi connectivity index (χ0v) is 17.9. The molecule has 0 aliphatic rings. The van der Waals surface area contributed by atoms with E-state index in [4.69, 9.17) is 0 Å². The molecular weight excluding hydrogens is 416 g/mol. The normalized spacial score (nSPS) is 11.9. The molecule has 0 fully saturated rings. The molecule has 9 heteroatoms. The highest BCUT2D eigenvalue weighted by Crippen LogP contribution is 2.30. The van der Waals surface area contributed by atoms with Gasteiger partial charge < -0.3 is 15.4 Å². The summed E-state index contributed by atoms with van der Waals surface area (Å²) in [5.74, 6) is 0.490. The van der Waals surface area contributed by atoms with E-state index in [0.717, 1.165) is 16.7 Å². The van der Waals surface area contributed by atoms with Gasteiger partial charge in [0.05, 0.1) is 16.8 Å². The number of aromatic nitrogens is 4. The van der Waals surface area contributed by atoms with E-state index in [1.807, 2.05) is 36.4 Å². The van der Waals surface area contributed by atoms with Gasteiger partial charge in [0.2, 0.25) is 5.13 Å². The van der Waals surface area contributed by atoms with Crippen molar-refractivity contribution in [3.63, 3.8) is 0 Å². The van der Waals surface area contributed by atoms with Gasteiger partial charge in [-0.2, -0.15) is 5.26 Å². The standard InChI is InChI=1S/C21H18N6OS2/c1-12-7-8-14(9-13(12)2)23-20-26-27-21(30-20)29-11-18(28)15(10-22)19-24-16-5-3-4-6-17(16)25-19/h3-9,28H,11H2,1-2H3,(H,23,26)(H,24,25). The minimum atomic E-state index is -0.0552. The van der Waals surface area contributed by atoms with Gasteiger partial charge in [0.1, 0.15) is 17.4 Å². The Morgan fingerprint density at radius 1 is 1.20 bits per heavy atom. The number of rotatable bonds is 6. The molecular formula is C21H18N6OS2. The number of hydrogen-bond acceptors (Lipinski definition) is 8. The molecule has 0 spiro atoms. The molecule has 0 atom stereocenters. The van der Waals surface area contributed by atoms with Gasteiger partial charge in [-0.05, 0) is 49.2 Å². The number of benzene rings is 2. The van der Waals surface area contributed by atoms with Gasteiger partial charge in [-0.15, -0.1) is 10.2 Å². The summed E-state index contributed by atoms with van der Waals surface area (Å²) < 4.78 is 0.690. The smallest absolute Gasteiger partial charge is 0.210 e. The van der Waals surface area contributed by atoms with Gasteiger partial charge in [0.15, 0.2) is 10.2 Å². The number of imidazole rings is 1. The molecule has 0 amide bonds. The van der Waals surface area contributed by atoms with Gasteiger partial charge >= 0.3 is 0 Å². The number of H-pyrrole nitrogens is 1. The number of fused-ring (bicyclic) bond motifs is 1. The SMILES string of the molecule is Cc1ccc(Nc2nnc(SCC(O)=C(C#N)c3nc4ccccc4[nH]3)s2)cc1C. The summed E-state index contributed by atoms with van der Waals surface area (Å²) in [6, 6.07) is 15.6. The summed E-state index contributed by atoms with van der Waals surface area (Å²) in [4.78, 5) is 7.45. The van der Waals surface area contributed by atoms with E-state index in [1.165, 1.54) is 34.2 Å². The van der Waals surface area contributed by atoms with Crippen LogP contribution in [0.15, 0.2) is 52.6 Å². The van der Waals surface area contributed by atoms with E-state index >= 15 is 0 Å². The van der Waals surface area contributed by atoms with Gasteiger partial charge in [-0.25, -0.2) is 4.98 Å². The highest BCUT2D eigenvalue weighted by molar-refractivity contribution is 8.01. The number of thioether (sulfide) groups is 1. The second-order valence-corrected chi connectivity index (χ2v) is 8.82. The van der Waals surface area contributed by atoms with Crippen LogP contribution in [0, 0.1) is 25.2 Å². The largest absolute Gasteiger partial charge is 0.510 e. The Morgan fingerprint density at radius 2 is 2.03 bits per heavy atom. The molecule has 30 heavy (non-hydrogen) atoms. The van der Waals surface area contributed by atoms with Gasteiger partial charge in [0.25, 0.3) is 0 Å². The summed E-state index contributed by atoms with van der Waals surface area (Å²) >= 11 is 2.70. The first-order valence-corrected chi connectivity index (χ1v) is 10.9. The number of nitrogens with zero attached hydrogens (tertiary/aromatic N) is 4. The maximum absolute atomic E-state index is 10.5. The van der Waals surface area contributed by atoms with Gasteiger partial charge in [-0.1, -0.05) is 41.3 Å². The van der Waals surface area contributed by atoms with Crippen LogP contribution in [-0.4, -0.2) is 31.0 Å². The molecule has 4 aromatic rings. The number of allylic oxidation sites excluding steroid dienone is 1. The lowest BCUT2D eigenvalue weighted by atomic mass is 10.1. The molecule has 0 radical (unpaired) electrons. The van der Waals surface area contributed by atoms with Crippen molar-refractivity contribution in [1.82, 2.24) is 20.2 Å². The second kappa shape index (κ2) is 8.57. The number of nitrogens with one attached hydrogen (secondary N) is 2. The number of aryl methyl sites for hydroxylation is 2. The van der Waals surface area contributed by atoms with Crippen molar-refractivity contribution < 1.29 is 5.11 Å². The second-order valence-electron chi connectivity index (χ2n) is 6.62. The van der Waals surface area contributed by atoms with E-state index in [9.17, 15) is 10.4 Å². The van der Waals surface area contributed by atoms with Crippen LogP contribution in [-0.2, 0) is 0 Å². The lowest BCUT2D eigenvalue weighted by Crippen LogP contribution is -1.95.